The van der Waals surface area contributed by atoms with Crippen LogP contribution in [-0.4, -0.2) is 98.2 Å². The molecule has 0 amide bonds. The van der Waals surface area contributed by atoms with Gasteiger partial charge in [-0.15, -0.1) is 0 Å². The SMILES string of the molecule is B.O[Si](O)(O)F.[AlH3].[BaH2]. The summed E-state index contributed by atoms with van der Waals surface area (Å²) >= 11 is 0. The van der Waals surface area contributed by atoms with Crippen molar-refractivity contribution in [1.82, 2.24) is 0 Å². The van der Waals surface area contributed by atoms with Gasteiger partial charge in [-0.2, -0.15) is 0 Å². The molecule has 0 unspecified atom stereocenters. The molecule has 8 heavy (non-hydrogen) atoms. The Morgan fingerprint density at radius 2 is 1.12 bits per heavy atom. The van der Waals surface area contributed by atoms with Crippen LogP contribution in [0.2, 0.25) is 0 Å². The summed E-state index contributed by atoms with van der Waals surface area (Å²) in [4.78, 5) is 21.3. The van der Waals surface area contributed by atoms with E-state index in [-0.39, 0.29) is 74.7 Å². The molecule has 0 aliphatic heterocycles. The first-order valence-electron chi connectivity index (χ1n) is 0.860. The van der Waals surface area contributed by atoms with Crippen molar-refractivity contribution in [3.8, 4) is 0 Å². The van der Waals surface area contributed by atoms with Crippen molar-refractivity contribution in [2.24, 2.45) is 0 Å². The van der Waals surface area contributed by atoms with Crippen molar-refractivity contribution in [1.29, 1.82) is 0 Å². The van der Waals surface area contributed by atoms with E-state index in [2.05, 4.69) is 0 Å². The fourth-order valence-electron chi connectivity index (χ4n) is 0. The van der Waals surface area contributed by atoms with Crippen LogP contribution >= 0.6 is 0 Å². The van der Waals surface area contributed by atoms with E-state index in [0.29, 0.717) is 0 Å². The number of hydrogen-bond acceptors (Lipinski definition) is 3. The van der Waals surface area contributed by atoms with Gasteiger partial charge in [0.05, 0.1) is 8.41 Å². The summed E-state index contributed by atoms with van der Waals surface area (Å²) in [7, 11) is -5.11. The van der Waals surface area contributed by atoms with E-state index in [1.807, 2.05) is 0 Å². The van der Waals surface area contributed by atoms with Gasteiger partial charge < -0.3 is 14.4 Å². The van der Waals surface area contributed by atoms with E-state index in [4.69, 9.17) is 14.4 Å². The van der Waals surface area contributed by atoms with Gasteiger partial charge in [0.2, 0.25) is 0 Å². The van der Waals surface area contributed by atoms with Crippen molar-refractivity contribution in [3.63, 3.8) is 0 Å². The first-order chi connectivity index (χ1) is 2.00. The number of hydrogen-bond donors (Lipinski definition) is 3. The maximum absolute atomic E-state index is 10.5. The zero-order valence-corrected chi connectivity index (χ0v) is 3.22. The van der Waals surface area contributed by atoms with Crippen LogP contribution in [0.25, 0.3) is 0 Å². The molecule has 3 nitrogen and oxygen atoms in total. The molecule has 0 aromatic rings. The van der Waals surface area contributed by atoms with Crippen LogP contribution in [0.3, 0.4) is 0 Å². The van der Waals surface area contributed by atoms with Crippen molar-refractivity contribution >= 4 is 83.8 Å². The molecule has 0 saturated heterocycles. The fourth-order valence-corrected chi connectivity index (χ4v) is 0. The fraction of sp³-hybridized carbons (Fsp3) is 0. The Morgan fingerprint density at radius 3 is 1.12 bits per heavy atom. The minimum atomic E-state index is -5.11. The van der Waals surface area contributed by atoms with Gasteiger partial charge in [-0.25, -0.2) is 4.11 Å². The second-order valence-electron chi connectivity index (χ2n) is 0.554. The molecule has 0 aliphatic rings. The molecular formula is H11AlBBaFO3Si. The van der Waals surface area contributed by atoms with Crippen LogP contribution in [-0.2, 0) is 0 Å². The standard InChI is InChI=1S/Al.BH3.Ba.FH3O3Si.5H/c;;;1-5(2,3)4;;;;;/h;1H3;;2-4H;;;;;. The van der Waals surface area contributed by atoms with Gasteiger partial charge in [0.1, 0.15) is 0 Å². The van der Waals surface area contributed by atoms with Gasteiger partial charge >= 0.3 is 58.0 Å². The van der Waals surface area contributed by atoms with Crippen LogP contribution in [0.5, 0.6) is 0 Å². The van der Waals surface area contributed by atoms with Gasteiger partial charge in [0.25, 0.3) is 0 Å². The van der Waals surface area contributed by atoms with Gasteiger partial charge in [0, 0.05) is 0 Å². The Kier molecular flexibility index (Phi) is 25.8. The zero-order valence-electron chi connectivity index (χ0n) is 2.22. The van der Waals surface area contributed by atoms with Gasteiger partial charge in [-0.05, 0) is 0 Å². The minimum absolute atomic E-state index is 0. The number of rotatable bonds is 0. The van der Waals surface area contributed by atoms with Crippen LogP contribution in [0.4, 0.5) is 4.11 Å². The summed E-state index contributed by atoms with van der Waals surface area (Å²) in [5.74, 6) is 0. The normalized spacial score (nSPS) is 7.50. The monoisotopic (exact) mass is 282 g/mol. The van der Waals surface area contributed by atoms with Gasteiger partial charge in [0.15, 0.2) is 17.4 Å². The topological polar surface area (TPSA) is 60.7 Å². The van der Waals surface area contributed by atoms with E-state index in [1.165, 1.54) is 0 Å². The average molecular weight is 281 g/mol. The van der Waals surface area contributed by atoms with Gasteiger partial charge in [-0.1, -0.05) is 0 Å². The summed E-state index contributed by atoms with van der Waals surface area (Å²) in [6.45, 7) is 0. The van der Waals surface area contributed by atoms with Crippen LogP contribution in [0, 0.1) is 0 Å². The van der Waals surface area contributed by atoms with Crippen LogP contribution in [0.1, 0.15) is 0 Å². The molecule has 0 aliphatic carbocycles. The Balaban J connectivity index is -0.0000000267. The Hall–Kier alpha value is 2.20. The van der Waals surface area contributed by atoms with E-state index >= 15 is 0 Å². The average Bonchev–Trinajstić information content (AvgIpc) is 0.722. The molecule has 0 spiro atoms. The molecule has 0 aromatic carbocycles. The molecule has 48 valence electrons. The Labute approximate surface area is 101 Å². The van der Waals surface area contributed by atoms with E-state index in [1.54, 1.807) is 0 Å². The predicted octanol–water partition coefficient (Wildman–Crippen LogP) is -4.92. The molecule has 0 aromatic heterocycles. The maximum atomic E-state index is 10.5. The Morgan fingerprint density at radius 1 is 1.12 bits per heavy atom. The van der Waals surface area contributed by atoms with E-state index in [0.717, 1.165) is 0 Å². The third kappa shape index (κ3) is 88.0. The summed E-state index contributed by atoms with van der Waals surface area (Å²) in [5, 5.41) is 0. The number of halogens is 1. The van der Waals surface area contributed by atoms with Crippen molar-refractivity contribution in [2.75, 3.05) is 0 Å². The van der Waals surface area contributed by atoms with E-state index < -0.39 is 9.14 Å². The molecule has 0 radical (unpaired) electrons. The quantitative estimate of drug-likeness (QED) is 0.308. The molecule has 0 saturated carbocycles. The molecule has 3 N–H and O–H groups in total. The summed E-state index contributed by atoms with van der Waals surface area (Å²) in [6.07, 6.45) is 0. The predicted molar refractivity (Wildman–Crippen MR) is 41.9 cm³/mol. The Bertz CT molecular complexity index is 34.8. The second kappa shape index (κ2) is 9.20. The third-order valence-corrected chi connectivity index (χ3v) is 0. The summed E-state index contributed by atoms with van der Waals surface area (Å²) in [5.41, 5.74) is 0. The summed E-state index contributed by atoms with van der Waals surface area (Å²) < 4.78 is 10.5. The van der Waals surface area contributed by atoms with Crippen molar-refractivity contribution in [2.45, 2.75) is 0 Å². The van der Waals surface area contributed by atoms with E-state index in [9.17, 15) is 4.11 Å². The molecular weight excluding hydrogens is 270 g/mol. The summed E-state index contributed by atoms with van der Waals surface area (Å²) in [6, 6.07) is 0. The molecule has 0 bridgehead atoms. The van der Waals surface area contributed by atoms with Crippen molar-refractivity contribution in [3.05, 3.63) is 0 Å². The molecule has 0 fully saturated rings. The molecule has 0 heterocycles. The first kappa shape index (κ1) is 22.5. The third-order valence-electron chi connectivity index (χ3n) is 0. The first-order valence-corrected chi connectivity index (χ1v) is 2.58. The molecule has 8 heteroatoms. The molecule has 0 atom stereocenters. The zero-order chi connectivity index (χ0) is 4.50. The van der Waals surface area contributed by atoms with Gasteiger partial charge in [-0.3, -0.25) is 0 Å². The van der Waals surface area contributed by atoms with Crippen molar-refractivity contribution < 1.29 is 18.5 Å². The molecule has 0 rings (SSSR count). The second-order valence-corrected chi connectivity index (χ2v) is 1.66. The van der Waals surface area contributed by atoms with Crippen LogP contribution < -0.4 is 0 Å². The van der Waals surface area contributed by atoms with Crippen LogP contribution in [0.15, 0.2) is 0 Å².